The Kier molecular flexibility index (Phi) is 4.59. The molecule has 1 rings (SSSR count). The van der Waals surface area contributed by atoms with Crippen LogP contribution in [0.4, 0.5) is 0 Å². The topological polar surface area (TPSA) is 57.2 Å². The molecule has 0 aliphatic carbocycles. The van der Waals surface area contributed by atoms with Gasteiger partial charge in [-0.1, -0.05) is 13.8 Å². The van der Waals surface area contributed by atoms with Crippen molar-refractivity contribution in [2.75, 3.05) is 13.1 Å². The SMILES string of the molecule is CCCN(CC#N)C(=O)c1ccoc1CC. The molecule has 1 amide bonds. The Morgan fingerprint density at radius 3 is 2.88 bits per heavy atom. The average Bonchev–Trinajstić information content (AvgIpc) is 2.75. The normalized spacial score (nSPS) is 9.81. The summed E-state index contributed by atoms with van der Waals surface area (Å²) in [6.07, 6.45) is 3.04. The molecule has 0 atom stereocenters. The molecule has 86 valence electrons. The van der Waals surface area contributed by atoms with Crippen LogP contribution < -0.4 is 0 Å². The van der Waals surface area contributed by atoms with E-state index in [9.17, 15) is 4.79 Å². The number of nitrogens with zero attached hydrogens (tertiary/aromatic N) is 2. The molecule has 0 unspecified atom stereocenters. The van der Waals surface area contributed by atoms with E-state index in [1.54, 1.807) is 11.0 Å². The molecule has 4 nitrogen and oxygen atoms in total. The highest BCUT2D eigenvalue weighted by Gasteiger charge is 2.19. The van der Waals surface area contributed by atoms with Gasteiger partial charge in [-0.15, -0.1) is 0 Å². The van der Waals surface area contributed by atoms with Crippen molar-refractivity contribution in [3.05, 3.63) is 23.7 Å². The van der Waals surface area contributed by atoms with E-state index >= 15 is 0 Å². The number of hydrogen-bond donors (Lipinski definition) is 0. The summed E-state index contributed by atoms with van der Waals surface area (Å²) in [7, 11) is 0. The third kappa shape index (κ3) is 2.63. The van der Waals surface area contributed by atoms with Crippen molar-refractivity contribution in [3.63, 3.8) is 0 Å². The minimum absolute atomic E-state index is 0.117. The van der Waals surface area contributed by atoms with Crippen LogP contribution in [-0.4, -0.2) is 23.9 Å². The van der Waals surface area contributed by atoms with Crippen molar-refractivity contribution in [1.82, 2.24) is 4.90 Å². The van der Waals surface area contributed by atoms with E-state index in [2.05, 4.69) is 0 Å². The van der Waals surface area contributed by atoms with Crippen molar-refractivity contribution in [3.8, 4) is 6.07 Å². The Hall–Kier alpha value is -1.76. The molecule has 1 aromatic rings. The lowest BCUT2D eigenvalue weighted by Gasteiger charge is -2.18. The first kappa shape index (κ1) is 12.3. The van der Waals surface area contributed by atoms with E-state index in [4.69, 9.17) is 9.68 Å². The Morgan fingerprint density at radius 1 is 1.56 bits per heavy atom. The molecule has 0 aromatic carbocycles. The standard InChI is InChI=1S/C12H16N2O2/c1-3-7-14(8-6-13)12(15)10-5-9-16-11(10)4-2/h5,9H,3-4,7-8H2,1-2H3. The minimum atomic E-state index is -0.117. The summed E-state index contributed by atoms with van der Waals surface area (Å²) in [4.78, 5) is 13.6. The number of nitriles is 1. The lowest BCUT2D eigenvalue weighted by Crippen LogP contribution is -2.32. The van der Waals surface area contributed by atoms with Gasteiger partial charge in [0.15, 0.2) is 0 Å². The number of aryl methyl sites for hydroxylation is 1. The van der Waals surface area contributed by atoms with Gasteiger partial charge in [0.05, 0.1) is 17.9 Å². The predicted octanol–water partition coefficient (Wildman–Crippen LogP) is 2.22. The first-order valence-corrected chi connectivity index (χ1v) is 5.47. The van der Waals surface area contributed by atoms with Gasteiger partial charge < -0.3 is 9.32 Å². The fraction of sp³-hybridized carbons (Fsp3) is 0.500. The van der Waals surface area contributed by atoms with Gasteiger partial charge in [0.25, 0.3) is 5.91 Å². The molecule has 1 heterocycles. The zero-order valence-corrected chi connectivity index (χ0v) is 9.69. The van der Waals surface area contributed by atoms with Gasteiger partial charge >= 0.3 is 0 Å². The van der Waals surface area contributed by atoms with Crippen LogP contribution in [0, 0.1) is 11.3 Å². The molecule has 0 N–H and O–H groups in total. The molecule has 4 heteroatoms. The maximum absolute atomic E-state index is 12.1. The van der Waals surface area contributed by atoms with Crippen LogP contribution in [0.1, 0.15) is 36.4 Å². The van der Waals surface area contributed by atoms with Crippen molar-refractivity contribution < 1.29 is 9.21 Å². The highest BCUT2D eigenvalue weighted by atomic mass is 16.3. The van der Waals surface area contributed by atoms with Gasteiger partial charge in [-0.3, -0.25) is 4.79 Å². The molecule has 0 spiro atoms. The fourth-order valence-corrected chi connectivity index (χ4v) is 1.58. The van der Waals surface area contributed by atoms with Gasteiger partial charge in [0, 0.05) is 13.0 Å². The van der Waals surface area contributed by atoms with Crippen LogP contribution in [0.2, 0.25) is 0 Å². The summed E-state index contributed by atoms with van der Waals surface area (Å²) in [6, 6.07) is 3.68. The third-order valence-electron chi connectivity index (χ3n) is 2.34. The molecule has 0 radical (unpaired) electrons. The van der Waals surface area contributed by atoms with Gasteiger partial charge in [-0.25, -0.2) is 0 Å². The molecule has 0 saturated heterocycles. The second-order valence-corrected chi connectivity index (χ2v) is 3.50. The zero-order chi connectivity index (χ0) is 12.0. The summed E-state index contributed by atoms with van der Waals surface area (Å²) in [5.41, 5.74) is 0.575. The molecule has 16 heavy (non-hydrogen) atoms. The van der Waals surface area contributed by atoms with Crippen molar-refractivity contribution in [1.29, 1.82) is 5.26 Å². The second-order valence-electron chi connectivity index (χ2n) is 3.50. The van der Waals surface area contributed by atoms with Crippen LogP contribution in [0.15, 0.2) is 16.7 Å². The van der Waals surface area contributed by atoms with Crippen molar-refractivity contribution in [2.45, 2.75) is 26.7 Å². The molecule has 0 fully saturated rings. The smallest absolute Gasteiger partial charge is 0.258 e. The van der Waals surface area contributed by atoms with Gasteiger partial charge in [-0.2, -0.15) is 5.26 Å². The fourth-order valence-electron chi connectivity index (χ4n) is 1.58. The number of carbonyl (C=O) groups excluding carboxylic acids is 1. The summed E-state index contributed by atoms with van der Waals surface area (Å²) in [5.74, 6) is 0.568. The quantitative estimate of drug-likeness (QED) is 0.715. The summed E-state index contributed by atoms with van der Waals surface area (Å²) in [5, 5.41) is 8.67. The Bertz CT molecular complexity index is 390. The van der Waals surface area contributed by atoms with E-state index < -0.39 is 0 Å². The molecular formula is C12H16N2O2. The summed E-state index contributed by atoms with van der Waals surface area (Å²) < 4.78 is 5.21. The Morgan fingerprint density at radius 2 is 2.31 bits per heavy atom. The van der Waals surface area contributed by atoms with Crippen LogP contribution in [0.25, 0.3) is 0 Å². The van der Waals surface area contributed by atoms with Crippen molar-refractivity contribution >= 4 is 5.91 Å². The van der Waals surface area contributed by atoms with Gasteiger partial charge in [0.2, 0.25) is 0 Å². The minimum Gasteiger partial charge on any atom is -0.469 e. The zero-order valence-electron chi connectivity index (χ0n) is 9.69. The van der Waals surface area contributed by atoms with Crippen LogP contribution in [0.3, 0.4) is 0 Å². The first-order valence-electron chi connectivity index (χ1n) is 5.47. The number of rotatable bonds is 5. The van der Waals surface area contributed by atoms with Crippen LogP contribution in [-0.2, 0) is 6.42 Å². The average molecular weight is 220 g/mol. The summed E-state index contributed by atoms with van der Waals surface area (Å²) >= 11 is 0. The van der Waals surface area contributed by atoms with Gasteiger partial charge in [0.1, 0.15) is 12.3 Å². The lowest BCUT2D eigenvalue weighted by atomic mass is 10.2. The third-order valence-corrected chi connectivity index (χ3v) is 2.34. The molecule has 0 aliphatic rings. The Labute approximate surface area is 95.5 Å². The highest BCUT2D eigenvalue weighted by Crippen LogP contribution is 2.14. The van der Waals surface area contributed by atoms with E-state index in [1.807, 2.05) is 19.9 Å². The molecule has 0 aliphatic heterocycles. The maximum atomic E-state index is 12.1. The van der Waals surface area contributed by atoms with Crippen molar-refractivity contribution in [2.24, 2.45) is 0 Å². The van der Waals surface area contributed by atoms with E-state index in [-0.39, 0.29) is 12.5 Å². The second kappa shape index (κ2) is 5.96. The number of furan rings is 1. The highest BCUT2D eigenvalue weighted by molar-refractivity contribution is 5.95. The number of carbonyl (C=O) groups is 1. The van der Waals surface area contributed by atoms with Crippen LogP contribution >= 0.6 is 0 Å². The molecule has 1 aromatic heterocycles. The number of hydrogen-bond acceptors (Lipinski definition) is 3. The molecular weight excluding hydrogens is 204 g/mol. The molecule has 0 saturated carbocycles. The maximum Gasteiger partial charge on any atom is 0.258 e. The monoisotopic (exact) mass is 220 g/mol. The van der Waals surface area contributed by atoms with Crippen LogP contribution in [0.5, 0.6) is 0 Å². The summed E-state index contributed by atoms with van der Waals surface area (Å²) in [6.45, 7) is 4.64. The van der Waals surface area contributed by atoms with E-state index in [0.29, 0.717) is 24.3 Å². The molecule has 0 bridgehead atoms. The van der Waals surface area contributed by atoms with E-state index in [0.717, 1.165) is 6.42 Å². The Balaban J connectivity index is 2.86. The largest absolute Gasteiger partial charge is 0.469 e. The first-order chi connectivity index (χ1) is 7.74. The lowest BCUT2D eigenvalue weighted by molar-refractivity contribution is 0.0774. The van der Waals surface area contributed by atoms with E-state index in [1.165, 1.54) is 6.26 Å². The number of amides is 1. The predicted molar refractivity (Wildman–Crippen MR) is 59.9 cm³/mol. The van der Waals surface area contributed by atoms with Gasteiger partial charge in [-0.05, 0) is 12.5 Å².